The Labute approximate surface area is 114 Å². The number of hydrogen-bond acceptors (Lipinski definition) is 4. The monoisotopic (exact) mass is 285 g/mol. The van der Waals surface area contributed by atoms with E-state index in [1.54, 1.807) is 26.0 Å². The topological polar surface area (TPSA) is 76.0 Å². The van der Waals surface area contributed by atoms with E-state index in [0.717, 1.165) is 5.56 Å². The van der Waals surface area contributed by atoms with Gasteiger partial charge in [0.05, 0.1) is 0 Å². The molecule has 0 aliphatic rings. The third-order valence-corrected chi connectivity index (χ3v) is 3.98. The highest BCUT2D eigenvalue weighted by atomic mass is 32.2. The molecule has 0 spiro atoms. The Bertz CT molecular complexity index is 568. The van der Waals surface area contributed by atoms with E-state index >= 15 is 0 Å². The molecule has 0 bridgehead atoms. The van der Waals surface area contributed by atoms with Crippen molar-refractivity contribution in [1.29, 1.82) is 0 Å². The fourth-order valence-corrected chi connectivity index (χ4v) is 3.12. The zero-order valence-electron chi connectivity index (χ0n) is 11.6. The van der Waals surface area contributed by atoms with Crippen LogP contribution in [-0.2, 0) is 14.4 Å². The fraction of sp³-hybridized carbons (Fsp3) is 0.462. The number of hydrogen-bond donors (Lipinski definition) is 1. The quantitative estimate of drug-likeness (QED) is 0.512. The lowest BCUT2D eigenvalue weighted by molar-refractivity contribution is 0.319. The van der Waals surface area contributed by atoms with Crippen molar-refractivity contribution < 1.29 is 17.8 Å². The van der Waals surface area contributed by atoms with Gasteiger partial charge in [0.25, 0.3) is 0 Å². The SMILES string of the molecule is CCC/C(O)=N\OS(=O)(=O)c1c(C)cc(C)cc1C. The predicted molar refractivity (Wildman–Crippen MR) is 73.9 cm³/mol. The molecule has 0 aromatic heterocycles. The third-order valence-electron chi connectivity index (χ3n) is 2.57. The Balaban J connectivity index is 3.12. The molecule has 1 N–H and O–H groups in total. The number of aliphatic hydroxyl groups excluding tert-OH is 1. The molecule has 1 aromatic carbocycles. The number of aliphatic hydroxyl groups is 1. The second-order valence-electron chi connectivity index (χ2n) is 4.51. The van der Waals surface area contributed by atoms with Crippen molar-refractivity contribution in [1.82, 2.24) is 0 Å². The minimum Gasteiger partial charge on any atom is -0.494 e. The largest absolute Gasteiger partial charge is 0.494 e. The van der Waals surface area contributed by atoms with Gasteiger partial charge in [0.2, 0.25) is 5.90 Å². The molecule has 0 heterocycles. The Morgan fingerprint density at radius 3 is 2.26 bits per heavy atom. The number of benzene rings is 1. The molecule has 0 unspecified atom stereocenters. The van der Waals surface area contributed by atoms with Crippen molar-refractivity contribution >= 4 is 16.0 Å². The molecule has 19 heavy (non-hydrogen) atoms. The molecule has 1 aromatic rings. The molecule has 0 saturated carbocycles. The van der Waals surface area contributed by atoms with Crippen LogP contribution >= 0.6 is 0 Å². The van der Waals surface area contributed by atoms with Crippen LogP contribution in [0.25, 0.3) is 0 Å². The zero-order valence-corrected chi connectivity index (χ0v) is 12.4. The molecule has 0 radical (unpaired) electrons. The third kappa shape index (κ3) is 3.96. The van der Waals surface area contributed by atoms with E-state index in [1.165, 1.54) is 0 Å². The number of aryl methyl sites for hydroxylation is 3. The Morgan fingerprint density at radius 1 is 1.26 bits per heavy atom. The summed E-state index contributed by atoms with van der Waals surface area (Å²) in [7, 11) is -4.00. The highest BCUT2D eigenvalue weighted by Crippen LogP contribution is 2.23. The Kier molecular flexibility index (Phi) is 4.94. The smallest absolute Gasteiger partial charge is 0.359 e. The average Bonchev–Trinajstić information content (AvgIpc) is 2.25. The van der Waals surface area contributed by atoms with Gasteiger partial charge in [0, 0.05) is 6.42 Å². The summed E-state index contributed by atoms with van der Waals surface area (Å²) in [6.07, 6.45) is 0.933. The average molecular weight is 285 g/mol. The van der Waals surface area contributed by atoms with Crippen LogP contribution < -0.4 is 0 Å². The van der Waals surface area contributed by atoms with Crippen molar-refractivity contribution in [3.05, 3.63) is 28.8 Å². The number of oxime groups is 1. The zero-order chi connectivity index (χ0) is 14.6. The van der Waals surface area contributed by atoms with Gasteiger partial charge >= 0.3 is 10.1 Å². The van der Waals surface area contributed by atoms with Crippen LogP contribution in [0, 0.1) is 20.8 Å². The van der Waals surface area contributed by atoms with Gasteiger partial charge in [-0.25, -0.2) is 0 Å². The van der Waals surface area contributed by atoms with Crippen LogP contribution in [0.3, 0.4) is 0 Å². The van der Waals surface area contributed by atoms with E-state index in [2.05, 4.69) is 9.44 Å². The normalized spacial score (nSPS) is 12.5. The van der Waals surface area contributed by atoms with E-state index in [9.17, 15) is 13.5 Å². The van der Waals surface area contributed by atoms with Crippen molar-refractivity contribution in [2.75, 3.05) is 0 Å². The van der Waals surface area contributed by atoms with E-state index in [-0.39, 0.29) is 17.2 Å². The van der Waals surface area contributed by atoms with E-state index in [0.29, 0.717) is 17.5 Å². The molecular weight excluding hydrogens is 266 g/mol. The van der Waals surface area contributed by atoms with Crippen LogP contribution in [0.4, 0.5) is 0 Å². The maximum atomic E-state index is 12.1. The molecule has 0 aliphatic carbocycles. The first-order valence-corrected chi connectivity index (χ1v) is 7.46. The molecule has 0 amide bonds. The fourth-order valence-electron chi connectivity index (χ4n) is 1.96. The van der Waals surface area contributed by atoms with Gasteiger partial charge in [-0.2, -0.15) is 8.42 Å². The van der Waals surface area contributed by atoms with Gasteiger partial charge in [0.15, 0.2) is 0 Å². The molecular formula is C13H19NO4S. The molecule has 0 aliphatic heterocycles. The second kappa shape index (κ2) is 6.06. The summed E-state index contributed by atoms with van der Waals surface area (Å²) in [6.45, 7) is 7.13. The Morgan fingerprint density at radius 2 is 1.79 bits per heavy atom. The summed E-state index contributed by atoms with van der Waals surface area (Å²) in [6, 6.07) is 3.53. The summed E-state index contributed by atoms with van der Waals surface area (Å²) in [5.41, 5.74) is 2.18. The van der Waals surface area contributed by atoms with Crippen molar-refractivity contribution in [3.8, 4) is 0 Å². The predicted octanol–water partition coefficient (Wildman–Crippen LogP) is 2.99. The van der Waals surface area contributed by atoms with Crippen LogP contribution in [0.15, 0.2) is 22.2 Å². The maximum Gasteiger partial charge on any atom is 0.359 e. The first-order chi connectivity index (χ1) is 8.77. The van der Waals surface area contributed by atoms with Crippen molar-refractivity contribution in [3.63, 3.8) is 0 Å². The van der Waals surface area contributed by atoms with E-state index < -0.39 is 10.1 Å². The molecule has 106 valence electrons. The van der Waals surface area contributed by atoms with Gasteiger partial charge in [-0.3, -0.25) is 4.28 Å². The summed E-state index contributed by atoms with van der Waals surface area (Å²) in [5.74, 6) is -0.325. The summed E-state index contributed by atoms with van der Waals surface area (Å²) >= 11 is 0. The standard InChI is InChI=1S/C13H19NO4S/c1-5-6-12(15)14-18-19(16,17)13-10(3)7-9(2)8-11(13)4/h7-8H,5-6H2,1-4H3,(H,14,15). The highest BCUT2D eigenvalue weighted by molar-refractivity contribution is 7.86. The Hall–Kier alpha value is -1.56. The maximum absolute atomic E-state index is 12.1. The minimum absolute atomic E-state index is 0.103. The number of nitrogens with zero attached hydrogens (tertiary/aromatic N) is 1. The first kappa shape index (κ1) is 15.5. The van der Waals surface area contributed by atoms with Gasteiger partial charge < -0.3 is 5.11 Å². The van der Waals surface area contributed by atoms with Crippen molar-refractivity contribution in [2.45, 2.75) is 45.4 Å². The van der Waals surface area contributed by atoms with Gasteiger partial charge in [0.1, 0.15) is 4.90 Å². The lowest BCUT2D eigenvalue weighted by Crippen LogP contribution is -2.09. The van der Waals surface area contributed by atoms with E-state index in [4.69, 9.17) is 0 Å². The first-order valence-electron chi connectivity index (χ1n) is 6.05. The second-order valence-corrected chi connectivity index (χ2v) is 5.98. The molecule has 0 saturated heterocycles. The molecule has 0 fully saturated rings. The summed E-state index contributed by atoms with van der Waals surface area (Å²) in [5, 5.41) is 12.6. The van der Waals surface area contributed by atoms with Gasteiger partial charge in [-0.15, -0.1) is 0 Å². The van der Waals surface area contributed by atoms with Crippen molar-refractivity contribution in [2.24, 2.45) is 5.16 Å². The van der Waals surface area contributed by atoms with Gasteiger partial charge in [-0.1, -0.05) is 24.6 Å². The number of rotatable bonds is 5. The molecule has 0 atom stereocenters. The lowest BCUT2D eigenvalue weighted by atomic mass is 10.1. The van der Waals surface area contributed by atoms with Crippen LogP contribution in [0.2, 0.25) is 0 Å². The lowest BCUT2D eigenvalue weighted by Gasteiger charge is -2.10. The summed E-state index contributed by atoms with van der Waals surface area (Å²) in [4.78, 5) is 0.103. The van der Waals surface area contributed by atoms with Crippen LogP contribution in [0.1, 0.15) is 36.5 Å². The minimum atomic E-state index is -4.00. The van der Waals surface area contributed by atoms with Gasteiger partial charge in [-0.05, 0) is 43.5 Å². The summed E-state index contributed by atoms with van der Waals surface area (Å²) < 4.78 is 28.6. The van der Waals surface area contributed by atoms with Crippen LogP contribution in [0.5, 0.6) is 0 Å². The molecule has 5 nitrogen and oxygen atoms in total. The van der Waals surface area contributed by atoms with E-state index in [1.807, 2.05) is 13.8 Å². The molecule has 6 heteroatoms. The molecule has 1 rings (SSSR count). The van der Waals surface area contributed by atoms with Crippen LogP contribution in [-0.4, -0.2) is 19.4 Å². The highest BCUT2D eigenvalue weighted by Gasteiger charge is 2.22.